The number of ether oxygens (including phenoxy) is 1. The molecule has 1 aliphatic carbocycles. The molecule has 1 saturated carbocycles. The Morgan fingerprint density at radius 3 is 2.67 bits per heavy atom. The molecule has 0 aromatic carbocycles. The van der Waals surface area contributed by atoms with Crippen molar-refractivity contribution in [3.05, 3.63) is 0 Å². The predicted octanol–water partition coefficient (Wildman–Crippen LogP) is 0.303. The molecule has 0 aromatic rings. The van der Waals surface area contributed by atoms with Gasteiger partial charge in [-0.05, 0) is 18.8 Å². The quantitative estimate of drug-likeness (QED) is 0.431. The van der Waals surface area contributed by atoms with Crippen molar-refractivity contribution in [1.29, 1.82) is 0 Å². The van der Waals surface area contributed by atoms with Gasteiger partial charge in [0.15, 0.2) is 0 Å². The predicted molar refractivity (Wildman–Crippen MR) is 33.7 cm³/mol. The summed E-state index contributed by atoms with van der Waals surface area (Å²) in [7, 11) is 0. The average molecular weight is 131 g/mol. The van der Waals surface area contributed by atoms with Crippen molar-refractivity contribution >= 4 is 0 Å². The van der Waals surface area contributed by atoms with Crippen molar-refractivity contribution in [2.75, 3.05) is 19.8 Å². The van der Waals surface area contributed by atoms with E-state index in [1.807, 2.05) is 0 Å². The molecule has 3 heteroatoms. The van der Waals surface area contributed by atoms with Gasteiger partial charge in [-0.2, -0.15) is 0 Å². The summed E-state index contributed by atoms with van der Waals surface area (Å²) >= 11 is 0. The molecule has 0 spiro atoms. The van der Waals surface area contributed by atoms with Crippen molar-refractivity contribution in [2.45, 2.75) is 12.8 Å². The van der Waals surface area contributed by atoms with Crippen LogP contribution in [0.25, 0.3) is 0 Å². The molecular formula is C6H13NO2. The first-order valence-electron chi connectivity index (χ1n) is 3.33. The fourth-order valence-electron chi connectivity index (χ4n) is 0.642. The molecule has 0 heterocycles. The molecule has 9 heavy (non-hydrogen) atoms. The second-order valence-corrected chi connectivity index (χ2v) is 2.39. The summed E-state index contributed by atoms with van der Waals surface area (Å²) in [6, 6.07) is 0. The van der Waals surface area contributed by atoms with Crippen LogP contribution in [0.3, 0.4) is 0 Å². The Morgan fingerprint density at radius 2 is 2.11 bits per heavy atom. The molecule has 0 aromatic heterocycles. The first-order valence-corrected chi connectivity index (χ1v) is 3.33. The Morgan fingerprint density at radius 1 is 1.33 bits per heavy atom. The van der Waals surface area contributed by atoms with Crippen LogP contribution in [0.4, 0.5) is 0 Å². The van der Waals surface area contributed by atoms with Crippen LogP contribution in [0.1, 0.15) is 12.8 Å². The summed E-state index contributed by atoms with van der Waals surface area (Å²) in [6.45, 7) is 2.03. The Hall–Kier alpha value is -0.120. The number of rotatable bonds is 5. The molecule has 0 radical (unpaired) electrons. The Labute approximate surface area is 55.1 Å². The fourth-order valence-corrected chi connectivity index (χ4v) is 0.642. The molecule has 1 fully saturated rings. The third kappa shape index (κ3) is 3.46. The van der Waals surface area contributed by atoms with Gasteiger partial charge < -0.3 is 9.57 Å². The highest BCUT2D eigenvalue weighted by atomic mass is 16.6. The Bertz CT molecular complexity index is 73.5. The first-order chi connectivity index (χ1) is 4.43. The van der Waals surface area contributed by atoms with Crippen LogP contribution < -0.4 is 5.90 Å². The minimum atomic E-state index is 0.507. The summed E-state index contributed by atoms with van der Waals surface area (Å²) in [5.74, 6) is 5.62. The molecule has 1 aliphatic rings. The normalized spacial score (nSPS) is 18.3. The van der Waals surface area contributed by atoms with E-state index >= 15 is 0 Å². The van der Waals surface area contributed by atoms with Gasteiger partial charge in [-0.25, -0.2) is 5.90 Å². The Kier molecular flexibility index (Phi) is 2.97. The van der Waals surface area contributed by atoms with Gasteiger partial charge in [0.25, 0.3) is 0 Å². The smallest absolute Gasteiger partial charge is 0.0913 e. The van der Waals surface area contributed by atoms with Crippen LogP contribution in [-0.2, 0) is 9.57 Å². The minimum Gasteiger partial charge on any atom is -0.379 e. The van der Waals surface area contributed by atoms with Gasteiger partial charge in [-0.15, -0.1) is 0 Å². The number of hydrogen-bond acceptors (Lipinski definition) is 3. The zero-order valence-electron chi connectivity index (χ0n) is 5.51. The maximum Gasteiger partial charge on any atom is 0.0913 e. The molecule has 1 rings (SSSR count). The second kappa shape index (κ2) is 3.82. The molecule has 0 aliphatic heterocycles. The second-order valence-electron chi connectivity index (χ2n) is 2.39. The lowest BCUT2D eigenvalue weighted by Crippen LogP contribution is -2.09. The van der Waals surface area contributed by atoms with Gasteiger partial charge in [-0.3, -0.25) is 0 Å². The molecular weight excluding hydrogens is 118 g/mol. The third-order valence-corrected chi connectivity index (χ3v) is 1.40. The van der Waals surface area contributed by atoms with Gasteiger partial charge in [-0.1, -0.05) is 0 Å². The molecule has 0 unspecified atom stereocenters. The van der Waals surface area contributed by atoms with E-state index in [1.165, 1.54) is 12.8 Å². The van der Waals surface area contributed by atoms with Gasteiger partial charge in [0.05, 0.1) is 13.2 Å². The molecule has 0 saturated heterocycles. The van der Waals surface area contributed by atoms with Gasteiger partial charge >= 0.3 is 0 Å². The van der Waals surface area contributed by atoms with Gasteiger partial charge in [0.2, 0.25) is 0 Å². The first kappa shape index (κ1) is 6.99. The lowest BCUT2D eigenvalue weighted by Gasteiger charge is -1.99. The van der Waals surface area contributed by atoms with Crippen molar-refractivity contribution < 1.29 is 9.57 Å². The summed E-state index contributed by atoms with van der Waals surface area (Å²) in [6.07, 6.45) is 2.67. The topological polar surface area (TPSA) is 44.5 Å². The lowest BCUT2D eigenvalue weighted by molar-refractivity contribution is 0.0437. The molecule has 0 bridgehead atoms. The summed E-state index contributed by atoms with van der Waals surface area (Å²) < 4.78 is 5.19. The zero-order chi connectivity index (χ0) is 6.53. The van der Waals surface area contributed by atoms with E-state index in [1.54, 1.807) is 0 Å². The molecule has 2 N–H and O–H groups in total. The fraction of sp³-hybridized carbons (Fsp3) is 1.00. The maximum atomic E-state index is 5.19. The largest absolute Gasteiger partial charge is 0.379 e. The van der Waals surface area contributed by atoms with Crippen LogP contribution in [-0.4, -0.2) is 19.8 Å². The average Bonchev–Trinajstić information content (AvgIpc) is 2.63. The van der Waals surface area contributed by atoms with Crippen molar-refractivity contribution in [3.63, 3.8) is 0 Å². The highest BCUT2D eigenvalue weighted by Crippen LogP contribution is 2.28. The van der Waals surface area contributed by atoms with E-state index in [0.717, 1.165) is 12.5 Å². The van der Waals surface area contributed by atoms with Crippen molar-refractivity contribution in [3.8, 4) is 0 Å². The number of nitrogens with two attached hydrogens (primary N) is 1. The van der Waals surface area contributed by atoms with E-state index in [2.05, 4.69) is 4.84 Å². The van der Waals surface area contributed by atoms with Crippen LogP contribution >= 0.6 is 0 Å². The molecule has 3 nitrogen and oxygen atoms in total. The van der Waals surface area contributed by atoms with Crippen LogP contribution in [0.5, 0.6) is 0 Å². The van der Waals surface area contributed by atoms with Crippen LogP contribution in [0, 0.1) is 5.92 Å². The lowest BCUT2D eigenvalue weighted by atomic mass is 10.5. The third-order valence-electron chi connectivity index (χ3n) is 1.40. The highest BCUT2D eigenvalue weighted by Gasteiger charge is 2.20. The molecule has 54 valence electrons. The highest BCUT2D eigenvalue weighted by molar-refractivity contribution is 4.71. The van der Waals surface area contributed by atoms with E-state index in [9.17, 15) is 0 Å². The number of hydrogen-bond donors (Lipinski definition) is 1. The maximum absolute atomic E-state index is 5.19. The van der Waals surface area contributed by atoms with Crippen LogP contribution in [0.15, 0.2) is 0 Å². The molecule has 0 amide bonds. The van der Waals surface area contributed by atoms with E-state index in [-0.39, 0.29) is 0 Å². The zero-order valence-corrected chi connectivity index (χ0v) is 5.51. The van der Waals surface area contributed by atoms with Gasteiger partial charge in [0.1, 0.15) is 0 Å². The standard InChI is InChI=1S/C6H13NO2/c7-9-4-3-8-5-6-1-2-6/h6H,1-5,7H2. The Balaban J connectivity index is 1.71. The minimum absolute atomic E-state index is 0.507. The monoisotopic (exact) mass is 131 g/mol. The van der Waals surface area contributed by atoms with E-state index in [4.69, 9.17) is 10.6 Å². The summed E-state index contributed by atoms with van der Waals surface area (Å²) in [5.41, 5.74) is 0. The van der Waals surface area contributed by atoms with E-state index < -0.39 is 0 Å². The van der Waals surface area contributed by atoms with Crippen molar-refractivity contribution in [1.82, 2.24) is 0 Å². The van der Waals surface area contributed by atoms with E-state index in [0.29, 0.717) is 13.2 Å². The SMILES string of the molecule is NOCCOCC1CC1. The van der Waals surface area contributed by atoms with Crippen molar-refractivity contribution in [2.24, 2.45) is 11.8 Å². The van der Waals surface area contributed by atoms with Gasteiger partial charge in [0, 0.05) is 6.61 Å². The summed E-state index contributed by atoms with van der Waals surface area (Å²) in [4.78, 5) is 4.32. The van der Waals surface area contributed by atoms with Crippen LogP contribution in [0.2, 0.25) is 0 Å². The summed E-state index contributed by atoms with van der Waals surface area (Å²) in [5, 5.41) is 0. The molecule has 0 atom stereocenters.